The quantitative estimate of drug-likeness (QED) is 0.423. The van der Waals surface area contributed by atoms with Gasteiger partial charge < -0.3 is 5.32 Å². The van der Waals surface area contributed by atoms with E-state index in [1.807, 2.05) is 19.1 Å². The molecule has 0 aliphatic carbocycles. The van der Waals surface area contributed by atoms with E-state index in [1.54, 1.807) is 24.3 Å². The Bertz CT molecular complexity index is 941. The zero-order valence-corrected chi connectivity index (χ0v) is 17.4. The van der Waals surface area contributed by atoms with Crippen molar-refractivity contribution in [3.8, 4) is 0 Å². The van der Waals surface area contributed by atoms with Crippen LogP contribution in [0.4, 0.5) is 0 Å². The third-order valence-electron chi connectivity index (χ3n) is 4.25. The van der Waals surface area contributed by atoms with Gasteiger partial charge in [0.1, 0.15) is 0 Å². The predicted molar refractivity (Wildman–Crippen MR) is 109 cm³/mol. The Morgan fingerprint density at radius 2 is 1.46 bits per heavy atom. The van der Waals surface area contributed by atoms with Crippen molar-refractivity contribution in [2.45, 2.75) is 38.0 Å². The highest BCUT2D eigenvalue weighted by Gasteiger charge is 2.19. The van der Waals surface area contributed by atoms with Crippen molar-refractivity contribution in [1.29, 1.82) is 0 Å². The van der Waals surface area contributed by atoms with Gasteiger partial charge in [-0.15, -0.1) is 0 Å². The summed E-state index contributed by atoms with van der Waals surface area (Å²) in [6.07, 6.45) is 0. The third-order valence-corrected chi connectivity index (χ3v) is 5.73. The molecule has 0 fully saturated rings. The first-order valence-corrected chi connectivity index (χ1v) is 10.5. The van der Waals surface area contributed by atoms with Crippen molar-refractivity contribution in [2.75, 3.05) is 13.1 Å². The average molecular weight is 403 g/mol. The molecule has 0 spiro atoms. The highest BCUT2D eigenvalue weighted by atomic mass is 32.2. The molecule has 0 aliphatic heterocycles. The van der Waals surface area contributed by atoms with Crippen molar-refractivity contribution in [3.63, 3.8) is 0 Å². The normalized spacial score (nSPS) is 11.9. The van der Waals surface area contributed by atoms with Crippen LogP contribution in [0.25, 0.3) is 0 Å². The van der Waals surface area contributed by atoms with E-state index >= 15 is 0 Å². The number of benzene rings is 2. The van der Waals surface area contributed by atoms with Crippen LogP contribution in [0.2, 0.25) is 0 Å². The fraction of sp³-hybridized carbons (Fsp3) is 0.333. The van der Waals surface area contributed by atoms with Gasteiger partial charge in [-0.3, -0.25) is 9.59 Å². The van der Waals surface area contributed by atoms with Crippen molar-refractivity contribution in [1.82, 2.24) is 10.0 Å². The van der Waals surface area contributed by atoms with E-state index in [9.17, 15) is 18.0 Å². The summed E-state index contributed by atoms with van der Waals surface area (Å²) in [5.74, 6) is -1.42. The largest absolute Gasteiger partial charge is 0.348 e. The van der Waals surface area contributed by atoms with Crippen molar-refractivity contribution in [2.24, 2.45) is 0 Å². The summed E-state index contributed by atoms with van der Waals surface area (Å²) < 4.78 is 26.7. The molecular formula is C21H26N2O4S. The van der Waals surface area contributed by atoms with E-state index in [0.717, 1.165) is 11.1 Å². The van der Waals surface area contributed by atoms with Crippen molar-refractivity contribution in [3.05, 3.63) is 65.2 Å². The molecule has 28 heavy (non-hydrogen) atoms. The van der Waals surface area contributed by atoms with Crippen LogP contribution in [-0.2, 0) is 20.2 Å². The number of hydrogen-bond donors (Lipinski definition) is 2. The summed E-state index contributed by atoms with van der Waals surface area (Å²) in [7, 11) is -3.65. The zero-order chi connectivity index (χ0) is 20.9. The lowest BCUT2D eigenvalue weighted by atomic mass is 9.86. The van der Waals surface area contributed by atoms with Crippen LogP contribution in [0.3, 0.4) is 0 Å². The predicted octanol–water partition coefficient (Wildman–Crippen LogP) is 2.57. The molecule has 0 unspecified atom stereocenters. The molecule has 0 aliphatic rings. The highest BCUT2D eigenvalue weighted by molar-refractivity contribution is 7.89. The molecule has 0 bridgehead atoms. The van der Waals surface area contributed by atoms with Crippen LogP contribution in [0.5, 0.6) is 0 Å². The number of amides is 1. The summed E-state index contributed by atoms with van der Waals surface area (Å²) in [6, 6.07) is 13.4. The summed E-state index contributed by atoms with van der Waals surface area (Å²) in [4.78, 5) is 24.4. The van der Waals surface area contributed by atoms with Crippen LogP contribution in [-0.4, -0.2) is 33.2 Å². The van der Waals surface area contributed by atoms with E-state index in [1.165, 1.54) is 12.1 Å². The molecule has 2 N–H and O–H groups in total. The highest BCUT2D eigenvalue weighted by Crippen LogP contribution is 2.22. The van der Waals surface area contributed by atoms with E-state index < -0.39 is 21.7 Å². The van der Waals surface area contributed by atoms with Gasteiger partial charge in [0.25, 0.3) is 5.91 Å². The second-order valence-corrected chi connectivity index (χ2v) is 9.39. The topological polar surface area (TPSA) is 92.3 Å². The smallest absolute Gasteiger partial charge is 0.292 e. The Kier molecular flexibility index (Phi) is 6.74. The number of Topliss-reactive ketones (excluding diaryl/α,β-unsaturated/α-hetero) is 1. The van der Waals surface area contributed by atoms with Crippen LogP contribution in [0.15, 0.2) is 53.4 Å². The maximum Gasteiger partial charge on any atom is 0.292 e. The van der Waals surface area contributed by atoms with E-state index in [4.69, 9.17) is 0 Å². The molecule has 0 saturated carbocycles. The molecule has 0 atom stereocenters. The molecule has 6 nitrogen and oxygen atoms in total. The van der Waals surface area contributed by atoms with E-state index in [0.29, 0.717) is 5.56 Å². The number of sulfonamides is 1. The second-order valence-electron chi connectivity index (χ2n) is 7.62. The van der Waals surface area contributed by atoms with Gasteiger partial charge in [-0.05, 0) is 30.0 Å². The van der Waals surface area contributed by atoms with Crippen LogP contribution in [0, 0.1) is 6.92 Å². The first-order valence-electron chi connectivity index (χ1n) is 9.00. The Labute approximate surface area is 166 Å². The maximum atomic E-state index is 12.2. The lowest BCUT2D eigenvalue weighted by Gasteiger charge is -2.18. The van der Waals surface area contributed by atoms with Crippen LogP contribution < -0.4 is 10.0 Å². The van der Waals surface area contributed by atoms with Crippen molar-refractivity contribution >= 4 is 21.7 Å². The van der Waals surface area contributed by atoms with Gasteiger partial charge in [-0.25, -0.2) is 13.1 Å². The van der Waals surface area contributed by atoms with E-state index in [2.05, 4.69) is 30.8 Å². The minimum atomic E-state index is -3.65. The number of carbonyl (C=O) groups is 2. The third kappa shape index (κ3) is 5.74. The molecule has 2 aromatic carbocycles. The van der Waals surface area contributed by atoms with E-state index in [-0.39, 0.29) is 23.4 Å². The minimum Gasteiger partial charge on any atom is -0.348 e. The first-order chi connectivity index (χ1) is 13.0. The molecule has 2 aromatic rings. The minimum absolute atomic E-state index is 0.00966. The van der Waals surface area contributed by atoms with Gasteiger partial charge in [0.2, 0.25) is 15.8 Å². The number of nitrogens with one attached hydrogen (secondary N) is 2. The second kappa shape index (κ2) is 8.67. The Balaban J connectivity index is 1.86. The monoisotopic (exact) mass is 402 g/mol. The fourth-order valence-electron chi connectivity index (χ4n) is 2.50. The molecule has 0 heterocycles. The molecule has 1 amide bonds. The number of hydrogen-bond acceptors (Lipinski definition) is 4. The Morgan fingerprint density at radius 1 is 0.893 bits per heavy atom. The van der Waals surface area contributed by atoms with Gasteiger partial charge in [-0.2, -0.15) is 0 Å². The zero-order valence-electron chi connectivity index (χ0n) is 16.6. The van der Waals surface area contributed by atoms with Gasteiger partial charge in [-0.1, -0.05) is 62.7 Å². The van der Waals surface area contributed by atoms with Gasteiger partial charge in [0, 0.05) is 18.7 Å². The summed E-state index contributed by atoms with van der Waals surface area (Å²) in [5.41, 5.74) is 2.28. The molecule has 0 aromatic heterocycles. The molecule has 0 radical (unpaired) electrons. The Hall–Kier alpha value is -2.51. The first kappa shape index (κ1) is 21.8. The Morgan fingerprint density at radius 3 is 2.00 bits per heavy atom. The van der Waals surface area contributed by atoms with Gasteiger partial charge >= 0.3 is 0 Å². The van der Waals surface area contributed by atoms with Crippen LogP contribution >= 0.6 is 0 Å². The summed E-state index contributed by atoms with van der Waals surface area (Å²) in [6.45, 7) is 8.05. The van der Waals surface area contributed by atoms with Crippen molar-refractivity contribution < 1.29 is 18.0 Å². The average Bonchev–Trinajstić information content (AvgIpc) is 2.64. The standard InChI is InChI=1S/C21H26N2O4S/c1-15-5-11-18(12-6-15)28(26,27)23-14-13-22-20(25)19(24)16-7-9-17(10-8-16)21(2,3)4/h5-12,23H,13-14H2,1-4H3,(H,22,25). The lowest BCUT2D eigenvalue weighted by molar-refractivity contribution is -0.116. The number of rotatable bonds is 7. The molecule has 7 heteroatoms. The molecule has 2 rings (SSSR count). The SMILES string of the molecule is Cc1ccc(S(=O)(=O)NCCNC(=O)C(=O)c2ccc(C(C)(C)C)cc2)cc1. The number of aryl methyl sites for hydroxylation is 1. The molecular weight excluding hydrogens is 376 g/mol. The molecule has 150 valence electrons. The van der Waals surface area contributed by atoms with Gasteiger partial charge in [0.15, 0.2) is 0 Å². The van der Waals surface area contributed by atoms with Crippen LogP contribution in [0.1, 0.15) is 42.3 Å². The summed E-state index contributed by atoms with van der Waals surface area (Å²) >= 11 is 0. The number of carbonyl (C=O) groups excluding carboxylic acids is 2. The van der Waals surface area contributed by atoms with Gasteiger partial charge in [0.05, 0.1) is 4.90 Å². The number of ketones is 1. The lowest BCUT2D eigenvalue weighted by Crippen LogP contribution is -2.37. The summed E-state index contributed by atoms with van der Waals surface area (Å²) in [5, 5.41) is 2.44. The fourth-order valence-corrected chi connectivity index (χ4v) is 3.53. The molecule has 0 saturated heterocycles. The maximum absolute atomic E-state index is 12.2.